The zero-order valence-corrected chi connectivity index (χ0v) is 9.90. The third-order valence-corrected chi connectivity index (χ3v) is 1.94. The second kappa shape index (κ2) is 4.73. The minimum absolute atomic E-state index is 0.0703. The minimum Gasteiger partial charge on any atom is -0.365 e. The Morgan fingerprint density at radius 3 is 2.40 bits per heavy atom. The number of ether oxygens (including phenoxy) is 1. The van der Waals surface area contributed by atoms with Crippen LogP contribution in [0, 0.1) is 0 Å². The van der Waals surface area contributed by atoms with E-state index in [9.17, 15) is 0 Å². The van der Waals surface area contributed by atoms with Crippen molar-refractivity contribution < 1.29 is 4.74 Å². The quantitative estimate of drug-likeness (QED) is 0.829. The first-order chi connectivity index (χ1) is 6.90. The SMILES string of the molecule is CC(N)C(OC(C)(C)C)c1ccccn1. The van der Waals surface area contributed by atoms with Gasteiger partial charge in [-0.1, -0.05) is 6.07 Å². The van der Waals surface area contributed by atoms with Gasteiger partial charge in [-0.05, 0) is 39.8 Å². The number of hydrogen-bond acceptors (Lipinski definition) is 3. The fourth-order valence-corrected chi connectivity index (χ4v) is 1.36. The van der Waals surface area contributed by atoms with Gasteiger partial charge in [0.1, 0.15) is 6.10 Å². The van der Waals surface area contributed by atoms with Crippen molar-refractivity contribution in [3.05, 3.63) is 30.1 Å². The van der Waals surface area contributed by atoms with Gasteiger partial charge in [0.05, 0.1) is 11.3 Å². The number of hydrogen-bond donors (Lipinski definition) is 1. The molecule has 0 saturated heterocycles. The van der Waals surface area contributed by atoms with Gasteiger partial charge < -0.3 is 10.5 Å². The average molecular weight is 208 g/mol. The molecule has 1 aromatic rings. The van der Waals surface area contributed by atoms with E-state index in [0.29, 0.717) is 0 Å². The van der Waals surface area contributed by atoms with Crippen molar-refractivity contribution in [1.82, 2.24) is 4.98 Å². The molecular formula is C12H20N2O. The highest BCUT2D eigenvalue weighted by molar-refractivity contribution is 5.09. The topological polar surface area (TPSA) is 48.1 Å². The fourth-order valence-electron chi connectivity index (χ4n) is 1.36. The predicted molar refractivity (Wildman–Crippen MR) is 61.5 cm³/mol. The zero-order chi connectivity index (χ0) is 11.5. The van der Waals surface area contributed by atoms with Crippen LogP contribution in [-0.4, -0.2) is 16.6 Å². The van der Waals surface area contributed by atoms with Crippen molar-refractivity contribution in [2.75, 3.05) is 0 Å². The molecule has 0 radical (unpaired) electrons. The molecule has 2 atom stereocenters. The lowest BCUT2D eigenvalue weighted by Crippen LogP contribution is -2.33. The number of pyridine rings is 1. The van der Waals surface area contributed by atoms with E-state index >= 15 is 0 Å². The van der Waals surface area contributed by atoms with Gasteiger partial charge in [0.15, 0.2) is 0 Å². The van der Waals surface area contributed by atoms with Gasteiger partial charge in [-0.15, -0.1) is 0 Å². The van der Waals surface area contributed by atoms with Crippen LogP contribution >= 0.6 is 0 Å². The number of aromatic nitrogens is 1. The van der Waals surface area contributed by atoms with Gasteiger partial charge in [0.25, 0.3) is 0 Å². The summed E-state index contributed by atoms with van der Waals surface area (Å²) in [5.41, 5.74) is 6.59. The predicted octanol–water partition coefficient (Wildman–Crippen LogP) is 2.29. The van der Waals surface area contributed by atoms with Crippen LogP contribution in [0.2, 0.25) is 0 Å². The zero-order valence-electron chi connectivity index (χ0n) is 9.90. The lowest BCUT2D eigenvalue weighted by atomic mass is 10.1. The molecule has 0 spiro atoms. The van der Waals surface area contributed by atoms with Crippen LogP contribution in [0.3, 0.4) is 0 Å². The first-order valence-corrected chi connectivity index (χ1v) is 5.24. The van der Waals surface area contributed by atoms with Crippen molar-refractivity contribution in [1.29, 1.82) is 0 Å². The first-order valence-electron chi connectivity index (χ1n) is 5.24. The molecule has 2 unspecified atom stereocenters. The van der Waals surface area contributed by atoms with Crippen molar-refractivity contribution in [2.45, 2.75) is 45.4 Å². The van der Waals surface area contributed by atoms with Gasteiger partial charge in [-0.2, -0.15) is 0 Å². The molecule has 15 heavy (non-hydrogen) atoms. The molecule has 1 heterocycles. The van der Waals surface area contributed by atoms with Gasteiger partial charge in [0.2, 0.25) is 0 Å². The van der Waals surface area contributed by atoms with Crippen LogP contribution in [0.5, 0.6) is 0 Å². The highest BCUT2D eigenvalue weighted by atomic mass is 16.5. The second-order valence-corrected chi connectivity index (χ2v) is 4.76. The molecule has 3 heteroatoms. The van der Waals surface area contributed by atoms with Crippen LogP contribution < -0.4 is 5.73 Å². The molecule has 1 rings (SSSR count). The largest absolute Gasteiger partial charge is 0.365 e. The molecule has 3 nitrogen and oxygen atoms in total. The van der Waals surface area contributed by atoms with E-state index in [4.69, 9.17) is 10.5 Å². The molecule has 1 aromatic heterocycles. The minimum atomic E-state index is -0.212. The molecule has 2 N–H and O–H groups in total. The number of nitrogens with zero attached hydrogens (tertiary/aromatic N) is 1. The van der Waals surface area contributed by atoms with E-state index < -0.39 is 0 Å². The maximum absolute atomic E-state index is 5.91. The molecule has 0 bridgehead atoms. The Bertz CT molecular complexity index is 290. The highest BCUT2D eigenvalue weighted by Crippen LogP contribution is 2.24. The Hall–Kier alpha value is -0.930. The van der Waals surface area contributed by atoms with E-state index in [1.165, 1.54) is 0 Å². The maximum atomic E-state index is 5.91. The van der Waals surface area contributed by atoms with E-state index in [0.717, 1.165) is 5.69 Å². The Balaban J connectivity index is 2.85. The molecule has 0 amide bonds. The summed E-state index contributed by atoms with van der Waals surface area (Å²) in [7, 11) is 0. The van der Waals surface area contributed by atoms with E-state index in [-0.39, 0.29) is 17.7 Å². The van der Waals surface area contributed by atoms with Gasteiger partial charge in [-0.3, -0.25) is 4.98 Å². The summed E-state index contributed by atoms with van der Waals surface area (Å²) in [5.74, 6) is 0. The molecule has 0 saturated carbocycles. The van der Waals surface area contributed by atoms with Crippen molar-refractivity contribution in [3.63, 3.8) is 0 Å². The van der Waals surface area contributed by atoms with Gasteiger partial charge in [0, 0.05) is 12.2 Å². The standard InChI is InChI=1S/C12H20N2O/c1-9(13)11(15-12(2,3)4)10-7-5-6-8-14-10/h5-9,11H,13H2,1-4H3. The highest BCUT2D eigenvalue weighted by Gasteiger charge is 2.24. The molecule has 0 aliphatic heterocycles. The van der Waals surface area contributed by atoms with Crippen molar-refractivity contribution in [2.24, 2.45) is 5.73 Å². The van der Waals surface area contributed by atoms with Crippen molar-refractivity contribution >= 4 is 0 Å². The Kier molecular flexibility index (Phi) is 3.83. The average Bonchev–Trinajstić information content (AvgIpc) is 2.14. The molecule has 0 aromatic carbocycles. The Morgan fingerprint density at radius 1 is 1.33 bits per heavy atom. The summed E-state index contributed by atoms with van der Waals surface area (Å²) in [6, 6.07) is 5.71. The molecule has 84 valence electrons. The van der Waals surface area contributed by atoms with Gasteiger partial charge >= 0.3 is 0 Å². The van der Waals surface area contributed by atoms with Crippen LogP contribution in [-0.2, 0) is 4.74 Å². The summed E-state index contributed by atoms with van der Waals surface area (Å²) in [5, 5.41) is 0. The monoisotopic (exact) mass is 208 g/mol. The second-order valence-electron chi connectivity index (χ2n) is 4.76. The lowest BCUT2D eigenvalue weighted by molar-refractivity contribution is -0.0719. The summed E-state index contributed by atoms with van der Waals surface area (Å²) in [4.78, 5) is 4.28. The Morgan fingerprint density at radius 2 is 2.00 bits per heavy atom. The fraction of sp³-hybridized carbons (Fsp3) is 0.583. The first kappa shape index (κ1) is 12.1. The third-order valence-electron chi connectivity index (χ3n) is 1.94. The summed E-state index contributed by atoms with van der Waals surface area (Å²) in [6.45, 7) is 7.99. The summed E-state index contributed by atoms with van der Waals surface area (Å²) < 4.78 is 5.90. The number of nitrogens with two attached hydrogens (primary N) is 1. The van der Waals surface area contributed by atoms with Crippen LogP contribution in [0.1, 0.15) is 39.5 Å². The maximum Gasteiger partial charge on any atom is 0.115 e. The van der Waals surface area contributed by atoms with Crippen molar-refractivity contribution in [3.8, 4) is 0 Å². The third kappa shape index (κ3) is 3.98. The molecule has 0 fully saturated rings. The van der Waals surface area contributed by atoms with E-state index in [1.807, 2.05) is 45.9 Å². The van der Waals surface area contributed by atoms with Crippen LogP contribution in [0.25, 0.3) is 0 Å². The van der Waals surface area contributed by atoms with Gasteiger partial charge in [-0.25, -0.2) is 0 Å². The normalized spacial score (nSPS) is 16.1. The lowest BCUT2D eigenvalue weighted by Gasteiger charge is -2.29. The van der Waals surface area contributed by atoms with E-state index in [1.54, 1.807) is 6.20 Å². The van der Waals surface area contributed by atoms with E-state index in [2.05, 4.69) is 4.98 Å². The Labute approximate surface area is 91.7 Å². The number of rotatable bonds is 3. The summed E-state index contributed by atoms with van der Waals surface area (Å²) >= 11 is 0. The smallest absolute Gasteiger partial charge is 0.115 e. The molecule has 0 aliphatic rings. The molecular weight excluding hydrogens is 188 g/mol. The van der Waals surface area contributed by atoms with Crippen LogP contribution in [0.15, 0.2) is 24.4 Å². The summed E-state index contributed by atoms with van der Waals surface area (Å²) in [6.07, 6.45) is 1.61. The molecule has 0 aliphatic carbocycles. The van der Waals surface area contributed by atoms with Crippen LogP contribution in [0.4, 0.5) is 0 Å².